The fourth-order valence-corrected chi connectivity index (χ4v) is 4.32. The third-order valence-corrected chi connectivity index (χ3v) is 6.67. The predicted molar refractivity (Wildman–Crippen MR) is 128 cm³/mol. The summed E-state index contributed by atoms with van der Waals surface area (Å²) in [5.74, 6) is -0.284. The van der Waals surface area contributed by atoms with E-state index in [1.54, 1.807) is 37.3 Å². The number of alkyl carbamates (subject to hydrolysis) is 1. The lowest BCUT2D eigenvalue weighted by molar-refractivity contribution is -0.122. The van der Waals surface area contributed by atoms with E-state index in [2.05, 4.69) is 25.7 Å². The van der Waals surface area contributed by atoms with E-state index in [1.807, 2.05) is 12.1 Å². The first-order valence-corrected chi connectivity index (χ1v) is 11.8. The fraction of sp³-hybridized carbons (Fsp3) is 0.273. The van der Waals surface area contributed by atoms with Gasteiger partial charge in [-0.25, -0.2) is 14.3 Å². The van der Waals surface area contributed by atoms with Crippen LogP contribution in [-0.4, -0.2) is 44.7 Å². The number of hydrogen-bond donors (Lipinski definition) is 1. The fourth-order valence-electron chi connectivity index (χ4n) is 2.89. The summed E-state index contributed by atoms with van der Waals surface area (Å²) in [6.45, 7) is 8.73. The molecule has 0 aliphatic carbocycles. The van der Waals surface area contributed by atoms with E-state index in [0.717, 1.165) is 17.3 Å². The van der Waals surface area contributed by atoms with E-state index in [4.69, 9.17) is 34.5 Å². The average Bonchev–Trinajstić information content (AvgIpc) is 3.26. The maximum Gasteiger partial charge on any atom is 0.407 e. The molecule has 2 aromatic carbocycles. The van der Waals surface area contributed by atoms with E-state index >= 15 is 0 Å². The molecule has 1 atom stereocenters. The van der Waals surface area contributed by atoms with E-state index in [9.17, 15) is 9.59 Å². The highest BCUT2D eigenvalue weighted by Crippen LogP contribution is 2.37. The van der Waals surface area contributed by atoms with Crippen molar-refractivity contribution >= 4 is 52.5 Å². The van der Waals surface area contributed by atoms with E-state index < -0.39 is 12.1 Å². The van der Waals surface area contributed by atoms with Crippen LogP contribution in [0.25, 0.3) is 4.85 Å². The molecule has 1 amide bonds. The van der Waals surface area contributed by atoms with Crippen LogP contribution in [0.5, 0.6) is 0 Å². The van der Waals surface area contributed by atoms with E-state index in [0.29, 0.717) is 38.6 Å². The number of amides is 1. The predicted octanol–water partition coefficient (Wildman–Crippen LogP) is 5.00. The number of nitrogens with one attached hydrogen (secondary N) is 1. The smallest absolute Gasteiger partial charge is 0.407 e. The van der Waals surface area contributed by atoms with Gasteiger partial charge in [-0.2, -0.15) is 0 Å². The number of tetrazole rings is 1. The number of nitrogens with zero attached hydrogens (tertiary/aromatic N) is 5. The van der Waals surface area contributed by atoms with Crippen molar-refractivity contribution < 1.29 is 14.3 Å². The molecule has 0 fully saturated rings. The highest BCUT2D eigenvalue weighted by atomic mass is 35.5. The minimum atomic E-state index is -0.767. The molecule has 34 heavy (non-hydrogen) atoms. The molecule has 12 heteroatoms. The first-order valence-electron chi connectivity index (χ1n) is 10.2. The van der Waals surface area contributed by atoms with Gasteiger partial charge in [0, 0.05) is 6.42 Å². The van der Waals surface area contributed by atoms with Crippen LogP contribution in [0.2, 0.25) is 10.0 Å². The molecule has 1 aromatic heterocycles. The largest absolute Gasteiger partial charge is 0.449 e. The monoisotopic (exact) mass is 518 g/mol. The van der Waals surface area contributed by atoms with Crippen molar-refractivity contribution in [3.63, 3.8) is 0 Å². The number of aromatic nitrogens is 4. The Kier molecular flexibility index (Phi) is 9.27. The Morgan fingerprint density at radius 2 is 1.91 bits per heavy atom. The SMILES string of the molecule is [C-]#[N+]c1ccc(CCOC(=O)NC(CC)C(=O)Cn2nnnc2Sc2c(Cl)cccc2Cl)cc1. The van der Waals surface area contributed by atoms with Crippen molar-refractivity contribution in [3.8, 4) is 0 Å². The maximum absolute atomic E-state index is 12.8. The zero-order valence-corrected chi connectivity index (χ0v) is 20.4. The molecule has 0 saturated heterocycles. The molecule has 1 heterocycles. The van der Waals surface area contributed by atoms with E-state index in [1.165, 1.54) is 4.68 Å². The molecule has 0 saturated carbocycles. The van der Waals surface area contributed by atoms with Crippen LogP contribution >= 0.6 is 35.0 Å². The minimum absolute atomic E-state index is 0.139. The minimum Gasteiger partial charge on any atom is -0.449 e. The van der Waals surface area contributed by atoms with Gasteiger partial charge in [0.1, 0.15) is 6.54 Å². The molecule has 176 valence electrons. The van der Waals surface area contributed by atoms with Crippen LogP contribution in [0.4, 0.5) is 10.5 Å². The molecule has 0 spiro atoms. The molecule has 3 aromatic rings. The Labute approximate surface area is 210 Å². The number of Topliss-reactive ketones (excluding diaryl/α,β-unsaturated/α-hetero) is 1. The van der Waals surface area contributed by atoms with Crippen molar-refractivity contribution in [2.75, 3.05) is 6.61 Å². The second-order valence-corrected chi connectivity index (χ2v) is 8.80. The van der Waals surface area contributed by atoms with Gasteiger partial charge in [-0.05, 0) is 46.3 Å². The lowest BCUT2D eigenvalue weighted by Crippen LogP contribution is -2.42. The van der Waals surface area contributed by atoms with Crippen LogP contribution in [0, 0.1) is 6.57 Å². The quantitative estimate of drug-likeness (QED) is 0.376. The van der Waals surface area contributed by atoms with Gasteiger partial charge in [0.25, 0.3) is 0 Å². The number of benzene rings is 2. The van der Waals surface area contributed by atoms with Gasteiger partial charge in [0.05, 0.1) is 34.2 Å². The summed E-state index contributed by atoms with van der Waals surface area (Å²) in [7, 11) is 0. The molecule has 0 aliphatic rings. The van der Waals surface area contributed by atoms with Crippen molar-refractivity contribution in [3.05, 3.63) is 69.5 Å². The topological polar surface area (TPSA) is 103 Å². The standard InChI is InChI=1S/C22H20Cl2N6O3S/c1-3-18(26-22(32)33-12-11-14-7-9-15(25-2)10-8-14)19(31)13-30-21(27-28-29-30)34-20-16(23)5-4-6-17(20)24/h4-10,18H,3,11-13H2,1H3,(H,26,32). The molecule has 1 N–H and O–H groups in total. The van der Waals surface area contributed by atoms with Crippen molar-refractivity contribution in [1.29, 1.82) is 0 Å². The number of hydrogen-bond acceptors (Lipinski definition) is 7. The van der Waals surface area contributed by atoms with Crippen LogP contribution in [0.3, 0.4) is 0 Å². The third-order valence-electron chi connectivity index (χ3n) is 4.70. The summed E-state index contributed by atoms with van der Waals surface area (Å²) in [6.07, 6.45) is 0.173. The van der Waals surface area contributed by atoms with Gasteiger partial charge in [-0.1, -0.05) is 60.5 Å². The van der Waals surface area contributed by atoms with Crippen molar-refractivity contribution in [2.24, 2.45) is 0 Å². The molecule has 0 bridgehead atoms. The zero-order chi connectivity index (χ0) is 24.5. The summed E-state index contributed by atoms with van der Waals surface area (Å²) in [5.41, 5.74) is 1.48. The second kappa shape index (κ2) is 12.4. The number of ether oxygens (including phenoxy) is 1. The highest BCUT2D eigenvalue weighted by Gasteiger charge is 2.22. The number of ketones is 1. The molecular formula is C22H20Cl2N6O3S. The van der Waals surface area contributed by atoms with Crippen LogP contribution in [0.15, 0.2) is 52.5 Å². The lowest BCUT2D eigenvalue weighted by atomic mass is 10.1. The normalized spacial score (nSPS) is 11.5. The summed E-state index contributed by atoms with van der Waals surface area (Å²) in [6, 6.07) is 11.4. The molecule has 1 unspecified atom stereocenters. The molecular weight excluding hydrogens is 499 g/mol. The highest BCUT2D eigenvalue weighted by molar-refractivity contribution is 7.99. The first-order chi connectivity index (χ1) is 16.4. The van der Waals surface area contributed by atoms with Gasteiger partial charge in [0.2, 0.25) is 5.16 Å². The van der Waals surface area contributed by atoms with Gasteiger partial charge in [0.15, 0.2) is 11.5 Å². The Balaban J connectivity index is 1.53. The Bertz CT molecular complexity index is 1180. The van der Waals surface area contributed by atoms with Crippen molar-refractivity contribution in [1.82, 2.24) is 25.5 Å². The molecule has 0 aliphatic heterocycles. The second-order valence-electron chi connectivity index (χ2n) is 7.01. The molecule has 0 radical (unpaired) electrons. The Hall–Kier alpha value is -3.13. The number of halogens is 2. The summed E-state index contributed by atoms with van der Waals surface area (Å²) < 4.78 is 6.53. The average molecular weight is 519 g/mol. The van der Waals surface area contributed by atoms with E-state index in [-0.39, 0.29) is 18.9 Å². The van der Waals surface area contributed by atoms with Crippen LogP contribution < -0.4 is 5.32 Å². The van der Waals surface area contributed by atoms with Crippen molar-refractivity contribution in [2.45, 2.75) is 42.4 Å². The lowest BCUT2D eigenvalue weighted by Gasteiger charge is -2.16. The van der Waals surface area contributed by atoms with Gasteiger partial charge in [-0.15, -0.1) is 5.10 Å². The summed E-state index contributed by atoms with van der Waals surface area (Å²) >= 11 is 13.6. The molecule has 9 nitrogen and oxygen atoms in total. The zero-order valence-electron chi connectivity index (χ0n) is 18.1. The van der Waals surface area contributed by atoms with Gasteiger partial charge < -0.3 is 10.1 Å². The maximum atomic E-state index is 12.8. The van der Waals surface area contributed by atoms with Crippen LogP contribution in [0.1, 0.15) is 18.9 Å². The molecule has 3 rings (SSSR count). The third kappa shape index (κ3) is 6.93. The Morgan fingerprint density at radius 3 is 2.56 bits per heavy atom. The number of carbonyl (C=O) groups is 2. The van der Waals surface area contributed by atoms with Gasteiger partial charge in [-0.3, -0.25) is 4.79 Å². The van der Waals surface area contributed by atoms with Crippen LogP contribution in [-0.2, 0) is 22.5 Å². The summed E-state index contributed by atoms with van der Waals surface area (Å²) in [4.78, 5) is 28.9. The number of rotatable bonds is 10. The first kappa shape index (κ1) is 25.5. The van der Waals surface area contributed by atoms with Gasteiger partial charge >= 0.3 is 6.09 Å². The Morgan fingerprint density at radius 1 is 1.21 bits per heavy atom. The summed E-state index contributed by atoms with van der Waals surface area (Å²) in [5, 5.41) is 15.3. The number of carbonyl (C=O) groups excluding carboxylic acids is 2.